The molecule has 1 aromatic rings. The molecular weight excluding hydrogens is 263 g/mol. The lowest BCUT2D eigenvalue weighted by atomic mass is 10.2. The van der Waals surface area contributed by atoms with Crippen LogP contribution in [0.25, 0.3) is 10.4 Å². The van der Waals surface area contributed by atoms with Crippen LogP contribution in [0.3, 0.4) is 0 Å². The fraction of sp³-hybridized carbons (Fsp3) is 0.455. The Kier molecular flexibility index (Phi) is 5.62. The predicted molar refractivity (Wildman–Crippen MR) is 61.1 cm³/mol. The number of nitrogens with zero attached hydrogens (tertiary/aromatic N) is 3. The maximum absolute atomic E-state index is 12.3. The highest BCUT2D eigenvalue weighted by atomic mass is 19.4. The van der Waals surface area contributed by atoms with E-state index in [0.29, 0.717) is 0 Å². The Morgan fingerprint density at radius 1 is 1.32 bits per heavy atom. The molecule has 0 aliphatic heterocycles. The van der Waals surface area contributed by atoms with Crippen LogP contribution in [0, 0.1) is 0 Å². The number of hydrogen-bond donors (Lipinski definition) is 1. The minimum Gasteiger partial charge on any atom is -0.383 e. The zero-order chi connectivity index (χ0) is 14.3. The maximum Gasteiger partial charge on any atom is 0.414 e. The normalized spacial score (nSPS) is 14.5. The van der Waals surface area contributed by atoms with Gasteiger partial charge in [-0.05, 0) is 11.1 Å². The van der Waals surface area contributed by atoms with Gasteiger partial charge in [0.25, 0.3) is 0 Å². The fourth-order valence-electron chi connectivity index (χ4n) is 1.34. The van der Waals surface area contributed by atoms with Crippen LogP contribution in [-0.2, 0) is 11.3 Å². The van der Waals surface area contributed by atoms with E-state index in [1.165, 1.54) is 0 Å². The van der Waals surface area contributed by atoms with E-state index < -0.39 is 24.9 Å². The zero-order valence-corrected chi connectivity index (χ0v) is 9.79. The summed E-state index contributed by atoms with van der Waals surface area (Å²) in [5.74, 6) is 0. The Morgan fingerprint density at radius 2 is 1.95 bits per heavy atom. The van der Waals surface area contributed by atoms with Gasteiger partial charge in [0.05, 0.1) is 19.3 Å². The maximum atomic E-state index is 12.3. The second-order valence-corrected chi connectivity index (χ2v) is 3.76. The predicted octanol–water partition coefficient (Wildman–Crippen LogP) is 2.81. The third-order valence-corrected chi connectivity index (χ3v) is 2.30. The molecule has 0 spiro atoms. The largest absolute Gasteiger partial charge is 0.414 e. The van der Waals surface area contributed by atoms with Gasteiger partial charge >= 0.3 is 6.18 Å². The van der Waals surface area contributed by atoms with E-state index >= 15 is 0 Å². The number of aliphatic hydroxyl groups is 1. The first-order valence-corrected chi connectivity index (χ1v) is 5.36. The van der Waals surface area contributed by atoms with Gasteiger partial charge in [0.2, 0.25) is 0 Å². The summed E-state index contributed by atoms with van der Waals surface area (Å²) in [7, 11) is 0. The van der Waals surface area contributed by atoms with Crippen LogP contribution in [0.5, 0.6) is 0 Å². The number of alkyl halides is 3. The molecule has 0 amide bonds. The lowest BCUT2D eigenvalue weighted by Crippen LogP contribution is -2.40. The molecule has 0 fully saturated rings. The molecule has 1 rings (SSSR count). The molecule has 1 N–H and O–H groups in total. The van der Waals surface area contributed by atoms with Crippen LogP contribution in [-0.4, -0.2) is 30.0 Å². The molecule has 0 bridgehead atoms. The van der Waals surface area contributed by atoms with E-state index in [0.717, 1.165) is 5.56 Å². The van der Waals surface area contributed by atoms with Crippen molar-refractivity contribution in [3.63, 3.8) is 0 Å². The highest BCUT2D eigenvalue weighted by Gasteiger charge is 2.43. The summed E-state index contributed by atoms with van der Waals surface area (Å²) < 4.78 is 41.9. The molecule has 0 aliphatic carbocycles. The van der Waals surface area contributed by atoms with Crippen LogP contribution in [0.4, 0.5) is 13.2 Å². The Morgan fingerprint density at radius 3 is 2.47 bits per heavy atom. The summed E-state index contributed by atoms with van der Waals surface area (Å²) in [6.07, 6.45) is -7.59. The monoisotopic (exact) mass is 275 g/mol. The summed E-state index contributed by atoms with van der Waals surface area (Å²) in [5, 5.41) is 11.9. The summed E-state index contributed by atoms with van der Waals surface area (Å²) in [6.45, 7) is -0.442. The summed E-state index contributed by atoms with van der Waals surface area (Å²) in [6, 6.07) is 7.08. The average Bonchev–Trinajstić information content (AvgIpc) is 2.37. The van der Waals surface area contributed by atoms with Crippen molar-refractivity contribution in [2.24, 2.45) is 5.11 Å². The van der Waals surface area contributed by atoms with Crippen molar-refractivity contribution in [2.75, 3.05) is 6.61 Å². The number of benzene rings is 1. The number of aliphatic hydroxyl groups excluding tert-OH is 1. The van der Waals surface area contributed by atoms with Crippen LogP contribution in [0.15, 0.2) is 35.4 Å². The average molecular weight is 275 g/mol. The van der Waals surface area contributed by atoms with E-state index in [4.69, 9.17) is 15.4 Å². The van der Waals surface area contributed by atoms with Crippen LogP contribution >= 0.6 is 0 Å². The SMILES string of the molecule is [N-]=[N+]=N[C@H](COCc1ccccc1)[C@@H](O)C(F)(F)F. The molecule has 0 aromatic heterocycles. The molecular formula is C11H12F3N3O2. The van der Waals surface area contributed by atoms with Gasteiger partial charge in [-0.2, -0.15) is 13.2 Å². The Bertz CT molecular complexity index is 433. The molecule has 104 valence electrons. The van der Waals surface area contributed by atoms with Gasteiger partial charge in [0, 0.05) is 4.91 Å². The molecule has 8 heteroatoms. The van der Waals surface area contributed by atoms with Gasteiger partial charge in [0.15, 0.2) is 6.10 Å². The molecule has 0 saturated heterocycles. The second kappa shape index (κ2) is 6.98. The molecule has 1 aromatic carbocycles. The molecule has 2 atom stereocenters. The lowest BCUT2D eigenvalue weighted by molar-refractivity contribution is -0.213. The minimum absolute atomic E-state index is 0.0723. The smallest absolute Gasteiger partial charge is 0.383 e. The highest BCUT2D eigenvalue weighted by molar-refractivity contribution is 5.13. The second-order valence-electron chi connectivity index (χ2n) is 3.76. The summed E-state index contributed by atoms with van der Waals surface area (Å²) in [4.78, 5) is 2.28. The minimum atomic E-state index is -4.85. The van der Waals surface area contributed by atoms with Gasteiger partial charge in [0.1, 0.15) is 0 Å². The number of azide groups is 1. The molecule has 0 saturated carbocycles. The molecule has 0 unspecified atom stereocenters. The Hall–Kier alpha value is -1.76. The third-order valence-electron chi connectivity index (χ3n) is 2.30. The van der Waals surface area contributed by atoms with E-state index in [1.807, 2.05) is 0 Å². The lowest BCUT2D eigenvalue weighted by Gasteiger charge is -2.20. The molecule has 0 aliphatic rings. The number of hydrogen-bond acceptors (Lipinski definition) is 3. The van der Waals surface area contributed by atoms with Crippen LogP contribution in [0.1, 0.15) is 5.56 Å². The first-order valence-electron chi connectivity index (χ1n) is 5.36. The van der Waals surface area contributed by atoms with Crippen molar-refractivity contribution in [3.05, 3.63) is 46.3 Å². The van der Waals surface area contributed by atoms with Gasteiger partial charge in [-0.1, -0.05) is 35.4 Å². The number of ether oxygens (including phenoxy) is 1. The molecule has 19 heavy (non-hydrogen) atoms. The zero-order valence-electron chi connectivity index (χ0n) is 9.79. The van der Waals surface area contributed by atoms with Gasteiger partial charge in [-0.15, -0.1) is 0 Å². The Balaban J connectivity index is 2.53. The standard InChI is InChI=1S/C11H12F3N3O2/c12-11(13,14)10(18)9(16-17-15)7-19-6-8-4-2-1-3-5-8/h1-5,9-10,18H,6-7H2/t9-,10-/m1/s1. The third kappa shape index (κ3) is 5.17. The van der Waals surface area contributed by atoms with Crippen LogP contribution in [0.2, 0.25) is 0 Å². The molecule has 0 heterocycles. The van der Waals surface area contributed by atoms with Gasteiger partial charge < -0.3 is 9.84 Å². The fourth-order valence-corrected chi connectivity index (χ4v) is 1.34. The van der Waals surface area contributed by atoms with Gasteiger partial charge in [-0.3, -0.25) is 0 Å². The number of halogens is 3. The van der Waals surface area contributed by atoms with Crippen LogP contribution < -0.4 is 0 Å². The summed E-state index contributed by atoms with van der Waals surface area (Å²) >= 11 is 0. The van der Waals surface area contributed by atoms with E-state index in [2.05, 4.69) is 10.0 Å². The topological polar surface area (TPSA) is 78.2 Å². The van der Waals surface area contributed by atoms with Crippen molar-refractivity contribution in [1.29, 1.82) is 0 Å². The van der Waals surface area contributed by atoms with Crippen molar-refractivity contribution in [1.82, 2.24) is 0 Å². The molecule has 5 nitrogen and oxygen atoms in total. The van der Waals surface area contributed by atoms with Gasteiger partial charge in [-0.25, -0.2) is 0 Å². The quantitative estimate of drug-likeness (QED) is 0.492. The summed E-state index contributed by atoms with van der Waals surface area (Å²) in [5.41, 5.74) is 8.96. The van der Waals surface area contributed by atoms with E-state index in [1.54, 1.807) is 30.3 Å². The van der Waals surface area contributed by atoms with Crippen molar-refractivity contribution >= 4 is 0 Å². The highest BCUT2D eigenvalue weighted by Crippen LogP contribution is 2.24. The number of rotatable bonds is 6. The van der Waals surface area contributed by atoms with Crippen molar-refractivity contribution < 1.29 is 23.0 Å². The first-order chi connectivity index (χ1) is 8.95. The van der Waals surface area contributed by atoms with Crippen molar-refractivity contribution in [2.45, 2.75) is 24.9 Å². The van der Waals surface area contributed by atoms with Crippen molar-refractivity contribution in [3.8, 4) is 0 Å². The Labute approximate surface area is 107 Å². The molecule has 0 radical (unpaired) electrons. The van der Waals surface area contributed by atoms with E-state index in [9.17, 15) is 13.2 Å². The first kappa shape index (κ1) is 15.3. The van der Waals surface area contributed by atoms with E-state index in [-0.39, 0.29) is 6.61 Å².